The normalized spacial score (nSPS) is 12.0. The Morgan fingerprint density at radius 2 is 0.706 bits per heavy atom. The van der Waals surface area contributed by atoms with Gasteiger partial charge in [-0.1, -0.05) is 78.9 Å². The average molecular weight is 650 g/mol. The van der Waals surface area contributed by atoms with Crippen molar-refractivity contribution in [3.05, 3.63) is 175 Å². The van der Waals surface area contributed by atoms with Gasteiger partial charge in [-0.25, -0.2) is 4.98 Å². The minimum Gasteiger partial charge on any atom is -0.309 e. The molecule has 4 heterocycles. The molecule has 11 rings (SSSR count). The number of aryl methyl sites for hydroxylation is 1. The summed E-state index contributed by atoms with van der Waals surface area (Å²) in [6.45, 7) is 2.17. The van der Waals surface area contributed by atoms with Crippen LogP contribution in [0.2, 0.25) is 0 Å². The second-order valence-electron chi connectivity index (χ2n) is 13.8. The number of aromatic nitrogens is 3. The molecule has 0 N–H and O–H groups in total. The smallest absolute Gasteiger partial charge is 0.0712 e. The molecule has 0 aliphatic heterocycles. The standard InChI is InChI=1S/C48H31N3/c1-30-23-43-35-17-21-47-41(28-35)39-26-33(15-19-45(39)50(47)37-11-4-2-5-12-37)31-9-8-10-32(25-31)34-16-20-46-40(27-34)42-29-36(44(24-30)49-43)18-22-48(42)51(46)38-13-6-3-7-14-38/h2-29H,1H3. The Kier molecular flexibility index (Phi) is 5.88. The summed E-state index contributed by atoms with van der Waals surface area (Å²) in [5, 5.41) is 11.9. The van der Waals surface area contributed by atoms with Crippen LogP contribution in [0.1, 0.15) is 5.56 Å². The van der Waals surface area contributed by atoms with E-state index >= 15 is 0 Å². The summed E-state index contributed by atoms with van der Waals surface area (Å²) >= 11 is 0. The maximum Gasteiger partial charge on any atom is 0.0712 e. The number of rotatable bonds is 2. The molecular formula is C48H31N3. The van der Waals surface area contributed by atoms with Gasteiger partial charge < -0.3 is 9.13 Å². The van der Waals surface area contributed by atoms with Crippen molar-refractivity contribution in [2.24, 2.45) is 0 Å². The van der Waals surface area contributed by atoms with E-state index in [0.29, 0.717) is 0 Å². The number of benzene rings is 7. The molecule has 0 atom stereocenters. The molecule has 51 heavy (non-hydrogen) atoms. The lowest BCUT2D eigenvalue weighted by Gasteiger charge is -2.08. The Hall–Kier alpha value is -6.71. The Labute approximate surface area is 293 Å². The van der Waals surface area contributed by atoms with E-state index in [4.69, 9.17) is 4.98 Å². The van der Waals surface area contributed by atoms with E-state index in [2.05, 4.69) is 186 Å². The molecule has 0 aliphatic rings. The number of pyridine rings is 1. The first-order chi connectivity index (χ1) is 25.2. The highest BCUT2D eigenvalue weighted by molar-refractivity contribution is 6.16. The molecule has 0 radical (unpaired) electrons. The van der Waals surface area contributed by atoms with Crippen LogP contribution in [0.5, 0.6) is 0 Å². The first-order valence-electron chi connectivity index (χ1n) is 17.5. The first kappa shape index (κ1) is 28.2. The largest absolute Gasteiger partial charge is 0.309 e. The van der Waals surface area contributed by atoms with E-state index in [1.54, 1.807) is 0 Å². The van der Waals surface area contributed by atoms with Gasteiger partial charge in [-0.3, -0.25) is 0 Å². The first-order valence-corrected chi connectivity index (χ1v) is 17.5. The lowest BCUT2D eigenvalue weighted by Crippen LogP contribution is -1.92. The predicted molar refractivity (Wildman–Crippen MR) is 216 cm³/mol. The summed E-state index contributed by atoms with van der Waals surface area (Å²) in [6.07, 6.45) is 0. The van der Waals surface area contributed by atoms with Crippen LogP contribution < -0.4 is 0 Å². The van der Waals surface area contributed by atoms with Gasteiger partial charge in [0.15, 0.2) is 0 Å². The molecule has 0 amide bonds. The Morgan fingerprint density at radius 3 is 1.14 bits per heavy atom. The quantitative estimate of drug-likeness (QED) is 0.183. The third kappa shape index (κ3) is 4.28. The maximum absolute atomic E-state index is 5.35. The van der Waals surface area contributed by atoms with Crippen molar-refractivity contribution in [2.45, 2.75) is 6.92 Å². The van der Waals surface area contributed by atoms with Crippen molar-refractivity contribution in [3.8, 4) is 11.4 Å². The second-order valence-corrected chi connectivity index (χ2v) is 13.8. The van der Waals surface area contributed by atoms with Gasteiger partial charge in [0, 0.05) is 43.7 Å². The SMILES string of the molecule is Cc1cc2nc(c1)c1ccc3c(c1)c1cc(ccc1n3-c1ccccc1)c1cccc(c1)c1ccc3c(c1)c1cc2ccc1n3-c1ccccc1. The molecule has 0 saturated carbocycles. The Bertz CT molecular complexity index is 3030. The monoisotopic (exact) mass is 649 g/mol. The molecule has 7 aromatic carbocycles. The molecule has 11 aromatic rings. The molecule has 238 valence electrons. The van der Waals surface area contributed by atoms with Gasteiger partial charge in [-0.15, -0.1) is 0 Å². The molecule has 0 fully saturated rings. The number of fused-ring (bicyclic) bond motifs is 12. The molecular weight excluding hydrogens is 619 g/mol. The van der Waals surface area contributed by atoms with Gasteiger partial charge in [0.25, 0.3) is 0 Å². The molecule has 0 aliphatic carbocycles. The molecule has 3 heteroatoms. The van der Waals surface area contributed by atoms with Gasteiger partial charge >= 0.3 is 0 Å². The zero-order valence-corrected chi connectivity index (χ0v) is 28.0. The minimum atomic E-state index is 0.978. The molecule has 0 unspecified atom stereocenters. The fraction of sp³-hybridized carbons (Fsp3) is 0.0208. The van der Waals surface area contributed by atoms with Crippen molar-refractivity contribution >= 4 is 87.0 Å². The highest BCUT2D eigenvalue weighted by Gasteiger charge is 2.15. The summed E-state index contributed by atoms with van der Waals surface area (Å²) in [7, 11) is 0. The van der Waals surface area contributed by atoms with Gasteiger partial charge in [-0.2, -0.15) is 0 Å². The van der Waals surface area contributed by atoms with Crippen LogP contribution in [0.4, 0.5) is 0 Å². The van der Waals surface area contributed by atoms with E-state index in [-0.39, 0.29) is 0 Å². The van der Waals surface area contributed by atoms with Crippen LogP contribution in [0, 0.1) is 6.92 Å². The van der Waals surface area contributed by atoms with Crippen molar-refractivity contribution in [1.82, 2.24) is 14.1 Å². The maximum atomic E-state index is 5.35. The fourth-order valence-corrected chi connectivity index (χ4v) is 8.28. The minimum absolute atomic E-state index is 0.978. The number of hydrogen-bond acceptors (Lipinski definition) is 1. The van der Waals surface area contributed by atoms with Crippen molar-refractivity contribution in [2.75, 3.05) is 0 Å². The van der Waals surface area contributed by atoms with Gasteiger partial charge in [0.05, 0.1) is 33.1 Å². The van der Waals surface area contributed by atoms with Crippen LogP contribution in [0.25, 0.3) is 98.3 Å². The van der Waals surface area contributed by atoms with Crippen LogP contribution >= 0.6 is 0 Å². The van der Waals surface area contributed by atoms with Crippen LogP contribution in [0.15, 0.2) is 170 Å². The highest BCUT2D eigenvalue weighted by Crippen LogP contribution is 2.37. The number of para-hydroxylation sites is 2. The van der Waals surface area contributed by atoms with Crippen molar-refractivity contribution < 1.29 is 0 Å². The Morgan fingerprint density at radius 1 is 0.333 bits per heavy atom. The third-order valence-electron chi connectivity index (χ3n) is 10.6. The summed E-state index contributed by atoms with van der Waals surface area (Å²) in [4.78, 5) is 5.35. The lowest BCUT2D eigenvalue weighted by atomic mass is 10.0. The summed E-state index contributed by atoms with van der Waals surface area (Å²) in [6, 6.07) is 62.3. The third-order valence-corrected chi connectivity index (χ3v) is 10.6. The number of nitrogens with zero attached hydrogens (tertiary/aromatic N) is 3. The topological polar surface area (TPSA) is 22.8 Å². The lowest BCUT2D eigenvalue weighted by molar-refractivity contribution is 1.18. The highest BCUT2D eigenvalue weighted by atomic mass is 15.0. The zero-order valence-electron chi connectivity index (χ0n) is 28.0. The van der Waals surface area contributed by atoms with Crippen LogP contribution in [-0.2, 0) is 0 Å². The zero-order chi connectivity index (χ0) is 33.6. The van der Waals surface area contributed by atoms with Crippen LogP contribution in [-0.4, -0.2) is 14.1 Å². The summed E-state index contributed by atoms with van der Waals surface area (Å²) in [5.74, 6) is 0. The molecule has 4 aromatic heterocycles. The average Bonchev–Trinajstić information content (AvgIpc) is 3.69. The van der Waals surface area contributed by atoms with Gasteiger partial charge in [0.1, 0.15) is 0 Å². The van der Waals surface area contributed by atoms with Gasteiger partial charge in [0.2, 0.25) is 0 Å². The van der Waals surface area contributed by atoms with Crippen LogP contribution in [0.3, 0.4) is 0 Å². The van der Waals surface area contributed by atoms with E-state index in [9.17, 15) is 0 Å². The van der Waals surface area contributed by atoms with E-state index < -0.39 is 0 Å². The molecule has 0 saturated heterocycles. The van der Waals surface area contributed by atoms with Gasteiger partial charge in [-0.05, 0) is 125 Å². The summed E-state index contributed by atoms with van der Waals surface area (Å²) < 4.78 is 4.77. The van der Waals surface area contributed by atoms with Crippen molar-refractivity contribution in [3.63, 3.8) is 0 Å². The number of hydrogen-bond donors (Lipinski definition) is 0. The summed E-state index contributed by atoms with van der Waals surface area (Å²) in [5.41, 5.74) is 10.2. The second kappa shape index (κ2) is 10.6. The Balaban J connectivity index is 1.34. The predicted octanol–water partition coefficient (Wildman–Crippen LogP) is 12.8. The van der Waals surface area contributed by atoms with E-state index in [1.165, 1.54) is 70.7 Å². The van der Waals surface area contributed by atoms with E-state index in [1.807, 2.05) is 0 Å². The molecule has 3 nitrogen and oxygen atoms in total. The fourth-order valence-electron chi connectivity index (χ4n) is 8.28. The van der Waals surface area contributed by atoms with E-state index in [0.717, 1.165) is 33.2 Å². The molecule has 0 spiro atoms. The van der Waals surface area contributed by atoms with Crippen molar-refractivity contribution in [1.29, 1.82) is 0 Å². The molecule has 12 bridgehead atoms.